The summed E-state index contributed by atoms with van der Waals surface area (Å²) in [7, 11) is 0. The van der Waals surface area contributed by atoms with Gasteiger partial charge >= 0.3 is 11.8 Å². The number of rotatable bonds is 7. The van der Waals surface area contributed by atoms with Crippen molar-refractivity contribution in [1.82, 2.24) is 5.32 Å². The summed E-state index contributed by atoms with van der Waals surface area (Å²) in [6, 6.07) is 8.78. The first-order valence-corrected chi connectivity index (χ1v) is 7.37. The third kappa shape index (κ3) is 5.95. The van der Waals surface area contributed by atoms with Gasteiger partial charge in [0.25, 0.3) is 0 Å². The number of benzene rings is 1. The number of aliphatic hydroxyl groups is 1. The third-order valence-electron chi connectivity index (χ3n) is 3.25. The second-order valence-corrected chi connectivity index (χ2v) is 5.23. The van der Waals surface area contributed by atoms with Gasteiger partial charge in [-0.05, 0) is 25.0 Å². The van der Waals surface area contributed by atoms with E-state index in [1.54, 1.807) is 24.3 Å². The molecule has 1 aromatic carbocycles. The second kappa shape index (κ2) is 8.42. The topological polar surface area (TPSA) is 78.4 Å². The number of carbonyl (C=O) groups excluding carboxylic acids is 2. The summed E-state index contributed by atoms with van der Waals surface area (Å²) in [5.41, 5.74) is -0.373. The molecule has 21 heavy (non-hydrogen) atoms. The van der Waals surface area contributed by atoms with Crippen LogP contribution in [0.2, 0.25) is 0 Å². The molecule has 0 aliphatic carbocycles. The SMILES string of the molecule is CCCC(O)(CCC)CNC(=O)C(=O)Nc1ccccc1. The summed E-state index contributed by atoms with van der Waals surface area (Å²) in [4.78, 5) is 23.5. The monoisotopic (exact) mass is 292 g/mol. The maximum Gasteiger partial charge on any atom is 0.313 e. The summed E-state index contributed by atoms with van der Waals surface area (Å²) >= 11 is 0. The van der Waals surface area contributed by atoms with E-state index < -0.39 is 17.4 Å². The van der Waals surface area contributed by atoms with Crippen LogP contribution in [0.25, 0.3) is 0 Å². The van der Waals surface area contributed by atoms with Gasteiger partial charge in [0.1, 0.15) is 0 Å². The van der Waals surface area contributed by atoms with E-state index in [9.17, 15) is 14.7 Å². The fourth-order valence-electron chi connectivity index (χ4n) is 2.27. The lowest BCUT2D eigenvalue weighted by atomic mass is 9.92. The summed E-state index contributed by atoms with van der Waals surface area (Å²) in [6.07, 6.45) is 2.84. The lowest BCUT2D eigenvalue weighted by Gasteiger charge is -2.27. The molecule has 0 aromatic heterocycles. The Kier molecular flexibility index (Phi) is 6.88. The van der Waals surface area contributed by atoms with Crippen molar-refractivity contribution in [3.05, 3.63) is 30.3 Å². The molecule has 0 saturated heterocycles. The molecule has 0 heterocycles. The molecule has 5 nitrogen and oxygen atoms in total. The molecule has 0 unspecified atom stereocenters. The van der Waals surface area contributed by atoms with Crippen molar-refractivity contribution in [3.8, 4) is 0 Å². The highest BCUT2D eigenvalue weighted by molar-refractivity contribution is 6.39. The van der Waals surface area contributed by atoms with Crippen LogP contribution in [0.1, 0.15) is 39.5 Å². The van der Waals surface area contributed by atoms with E-state index in [-0.39, 0.29) is 6.54 Å². The average Bonchev–Trinajstić information content (AvgIpc) is 2.46. The molecule has 5 heteroatoms. The normalized spacial score (nSPS) is 11.0. The zero-order valence-corrected chi connectivity index (χ0v) is 12.7. The zero-order valence-electron chi connectivity index (χ0n) is 12.7. The van der Waals surface area contributed by atoms with Crippen molar-refractivity contribution >= 4 is 17.5 Å². The number of nitrogens with one attached hydrogen (secondary N) is 2. The molecule has 116 valence electrons. The van der Waals surface area contributed by atoms with Crippen LogP contribution in [0.15, 0.2) is 30.3 Å². The van der Waals surface area contributed by atoms with E-state index in [1.165, 1.54) is 0 Å². The molecular weight excluding hydrogens is 268 g/mol. The van der Waals surface area contributed by atoms with E-state index in [1.807, 2.05) is 19.9 Å². The molecule has 0 radical (unpaired) electrons. The molecule has 3 N–H and O–H groups in total. The minimum Gasteiger partial charge on any atom is -0.388 e. The molecule has 0 aliphatic rings. The number of hydrogen-bond acceptors (Lipinski definition) is 3. The van der Waals surface area contributed by atoms with Gasteiger partial charge < -0.3 is 15.7 Å². The van der Waals surface area contributed by atoms with Gasteiger partial charge in [0, 0.05) is 12.2 Å². The Morgan fingerprint density at radius 1 is 1.05 bits per heavy atom. The van der Waals surface area contributed by atoms with Gasteiger partial charge in [0.05, 0.1) is 5.60 Å². The number of para-hydroxylation sites is 1. The lowest BCUT2D eigenvalue weighted by Crippen LogP contribution is -2.46. The first kappa shape index (κ1) is 17.2. The molecule has 1 aromatic rings. The number of anilines is 1. The maximum atomic E-state index is 11.8. The third-order valence-corrected chi connectivity index (χ3v) is 3.25. The molecular formula is C16H24N2O3. The van der Waals surface area contributed by atoms with Crippen molar-refractivity contribution in [2.45, 2.75) is 45.1 Å². The first-order valence-electron chi connectivity index (χ1n) is 7.37. The standard InChI is InChI=1S/C16H24N2O3/c1-3-10-16(21,11-4-2)12-17-14(19)15(20)18-13-8-6-5-7-9-13/h5-9,21H,3-4,10-12H2,1-2H3,(H,17,19)(H,18,20). The van der Waals surface area contributed by atoms with Crippen LogP contribution < -0.4 is 10.6 Å². The summed E-state index contributed by atoms with van der Waals surface area (Å²) in [5, 5.41) is 15.4. The van der Waals surface area contributed by atoms with Crippen molar-refractivity contribution in [2.24, 2.45) is 0 Å². The predicted molar refractivity (Wildman–Crippen MR) is 82.8 cm³/mol. The summed E-state index contributed by atoms with van der Waals surface area (Å²) in [5.74, 6) is -1.46. The largest absolute Gasteiger partial charge is 0.388 e. The van der Waals surface area contributed by atoms with E-state index in [2.05, 4.69) is 10.6 Å². The van der Waals surface area contributed by atoms with E-state index in [0.717, 1.165) is 12.8 Å². The fraction of sp³-hybridized carbons (Fsp3) is 0.500. The minimum absolute atomic E-state index is 0.0930. The van der Waals surface area contributed by atoms with Crippen LogP contribution in [-0.4, -0.2) is 29.1 Å². The Morgan fingerprint density at radius 3 is 2.14 bits per heavy atom. The minimum atomic E-state index is -0.938. The van der Waals surface area contributed by atoms with Crippen LogP contribution in [0.4, 0.5) is 5.69 Å². The van der Waals surface area contributed by atoms with E-state index in [0.29, 0.717) is 18.5 Å². The molecule has 0 bridgehead atoms. The highest BCUT2D eigenvalue weighted by Gasteiger charge is 2.26. The molecule has 0 spiro atoms. The Hall–Kier alpha value is -1.88. The van der Waals surface area contributed by atoms with Gasteiger partial charge in [0.15, 0.2) is 0 Å². The Morgan fingerprint density at radius 2 is 1.62 bits per heavy atom. The number of carbonyl (C=O) groups is 2. The zero-order chi connectivity index (χ0) is 15.7. The number of amides is 2. The van der Waals surface area contributed by atoms with Gasteiger partial charge in [-0.1, -0.05) is 44.9 Å². The van der Waals surface area contributed by atoms with Gasteiger partial charge in [-0.3, -0.25) is 9.59 Å². The second-order valence-electron chi connectivity index (χ2n) is 5.23. The van der Waals surface area contributed by atoms with Crippen molar-refractivity contribution in [3.63, 3.8) is 0 Å². The average molecular weight is 292 g/mol. The molecule has 0 aliphatic heterocycles. The first-order chi connectivity index (χ1) is 10.0. The molecule has 0 fully saturated rings. The van der Waals surface area contributed by atoms with Crippen LogP contribution in [0.3, 0.4) is 0 Å². The van der Waals surface area contributed by atoms with Crippen LogP contribution >= 0.6 is 0 Å². The van der Waals surface area contributed by atoms with Gasteiger partial charge in [0.2, 0.25) is 0 Å². The highest BCUT2D eigenvalue weighted by Crippen LogP contribution is 2.18. The van der Waals surface area contributed by atoms with Gasteiger partial charge in [-0.2, -0.15) is 0 Å². The predicted octanol–water partition coefficient (Wildman–Crippen LogP) is 2.07. The summed E-state index contributed by atoms with van der Waals surface area (Å²) in [6.45, 7) is 4.05. The summed E-state index contributed by atoms with van der Waals surface area (Å²) < 4.78 is 0. The smallest absolute Gasteiger partial charge is 0.313 e. The fourth-order valence-corrected chi connectivity index (χ4v) is 2.27. The van der Waals surface area contributed by atoms with E-state index in [4.69, 9.17) is 0 Å². The van der Waals surface area contributed by atoms with Crippen molar-refractivity contribution in [2.75, 3.05) is 11.9 Å². The quantitative estimate of drug-likeness (QED) is 0.673. The van der Waals surface area contributed by atoms with Gasteiger partial charge in [-0.15, -0.1) is 0 Å². The Labute approximate surface area is 125 Å². The van der Waals surface area contributed by atoms with Crippen LogP contribution in [0.5, 0.6) is 0 Å². The van der Waals surface area contributed by atoms with Crippen LogP contribution in [0, 0.1) is 0 Å². The number of hydrogen-bond donors (Lipinski definition) is 3. The van der Waals surface area contributed by atoms with Crippen molar-refractivity contribution < 1.29 is 14.7 Å². The van der Waals surface area contributed by atoms with Crippen LogP contribution in [-0.2, 0) is 9.59 Å². The van der Waals surface area contributed by atoms with Gasteiger partial charge in [-0.25, -0.2) is 0 Å². The Balaban J connectivity index is 2.50. The Bertz CT molecular complexity index is 454. The molecule has 1 rings (SSSR count). The molecule has 2 amide bonds. The molecule has 0 atom stereocenters. The van der Waals surface area contributed by atoms with Crippen molar-refractivity contribution in [1.29, 1.82) is 0 Å². The highest BCUT2D eigenvalue weighted by atomic mass is 16.3. The maximum absolute atomic E-state index is 11.8. The van der Waals surface area contributed by atoms with E-state index >= 15 is 0 Å². The lowest BCUT2D eigenvalue weighted by molar-refractivity contribution is -0.137. The molecule has 0 saturated carbocycles.